The van der Waals surface area contributed by atoms with Gasteiger partial charge in [-0.3, -0.25) is 14.9 Å². The van der Waals surface area contributed by atoms with Crippen LogP contribution in [0.25, 0.3) is 0 Å². The molecule has 0 radical (unpaired) electrons. The van der Waals surface area contributed by atoms with Crippen LogP contribution in [0.15, 0.2) is 28.8 Å². The first-order chi connectivity index (χ1) is 12.5. The van der Waals surface area contributed by atoms with E-state index in [1.54, 1.807) is 6.92 Å². The molecular weight excluding hydrogens is 338 g/mol. The van der Waals surface area contributed by atoms with Crippen molar-refractivity contribution < 1.29 is 23.6 Å². The van der Waals surface area contributed by atoms with Gasteiger partial charge in [0.1, 0.15) is 5.76 Å². The van der Waals surface area contributed by atoms with Crippen LogP contribution in [0.4, 0.5) is 5.82 Å². The summed E-state index contributed by atoms with van der Waals surface area (Å²) < 4.78 is 15.9. The Morgan fingerprint density at radius 1 is 1.08 bits per heavy atom. The summed E-state index contributed by atoms with van der Waals surface area (Å²) in [7, 11) is 0. The molecule has 2 aromatic rings. The lowest BCUT2D eigenvalue weighted by Gasteiger charge is -2.12. The molecule has 1 aromatic carbocycles. The SMILES string of the molecule is CCOc1ccc(CCNC(=O)C(=O)Nc2cc(C)on2)cc1OCC. The molecule has 0 unspecified atom stereocenters. The number of aryl methyl sites for hydroxylation is 1. The van der Waals surface area contributed by atoms with Crippen LogP contribution >= 0.6 is 0 Å². The summed E-state index contributed by atoms with van der Waals surface area (Å²) in [6.45, 7) is 6.89. The molecule has 0 saturated heterocycles. The second kappa shape index (κ2) is 9.45. The van der Waals surface area contributed by atoms with E-state index in [1.165, 1.54) is 6.07 Å². The molecule has 1 heterocycles. The highest BCUT2D eigenvalue weighted by atomic mass is 16.5. The van der Waals surface area contributed by atoms with E-state index in [0.717, 1.165) is 5.56 Å². The molecule has 0 atom stereocenters. The number of hydrogen-bond acceptors (Lipinski definition) is 6. The number of aromatic nitrogens is 1. The van der Waals surface area contributed by atoms with E-state index in [4.69, 9.17) is 14.0 Å². The van der Waals surface area contributed by atoms with Gasteiger partial charge in [0, 0.05) is 12.6 Å². The maximum absolute atomic E-state index is 11.8. The average Bonchev–Trinajstić information content (AvgIpc) is 3.02. The second-order valence-corrected chi connectivity index (χ2v) is 5.43. The molecule has 2 amide bonds. The van der Waals surface area contributed by atoms with Crippen molar-refractivity contribution in [1.82, 2.24) is 10.5 Å². The zero-order valence-electron chi connectivity index (χ0n) is 15.1. The number of nitrogens with one attached hydrogen (secondary N) is 2. The van der Waals surface area contributed by atoms with Crippen LogP contribution in [0.1, 0.15) is 25.2 Å². The highest BCUT2D eigenvalue weighted by Crippen LogP contribution is 2.28. The fourth-order valence-corrected chi connectivity index (χ4v) is 2.25. The summed E-state index contributed by atoms with van der Waals surface area (Å²) in [5, 5.41) is 8.54. The predicted octanol–water partition coefficient (Wildman–Crippen LogP) is 2.08. The monoisotopic (exact) mass is 361 g/mol. The Bertz CT molecular complexity index is 757. The molecule has 0 fully saturated rings. The summed E-state index contributed by atoms with van der Waals surface area (Å²) >= 11 is 0. The van der Waals surface area contributed by atoms with Gasteiger partial charge in [0.25, 0.3) is 0 Å². The van der Waals surface area contributed by atoms with Crippen molar-refractivity contribution in [3.8, 4) is 11.5 Å². The lowest BCUT2D eigenvalue weighted by molar-refractivity contribution is -0.136. The van der Waals surface area contributed by atoms with Crippen LogP contribution < -0.4 is 20.1 Å². The van der Waals surface area contributed by atoms with Crippen molar-refractivity contribution in [2.75, 3.05) is 25.1 Å². The van der Waals surface area contributed by atoms with Gasteiger partial charge in [-0.2, -0.15) is 0 Å². The van der Waals surface area contributed by atoms with Gasteiger partial charge in [0.05, 0.1) is 13.2 Å². The highest BCUT2D eigenvalue weighted by Gasteiger charge is 2.15. The largest absolute Gasteiger partial charge is 0.490 e. The van der Waals surface area contributed by atoms with E-state index < -0.39 is 11.8 Å². The topological polar surface area (TPSA) is 103 Å². The Kier molecular flexibility index (Phi) is 7.02. The number of hydrogen-bond donors (Lipinski definition) is 2. The Hall–Kier alpha value is -3.03. The maximum Gasteiger partial charge on any atom is 0.314 e. The van der Waals surface area contributed by atoms with Gasteiger partial charge in [-0.15, -0.1) is 0 Å². The van der Waals surface area contributed by atoms with E-state index in [-0.39, 0.29) is 5.82 Å². The van der Waals surface area contributed by atoms with Gasteiger partial charge in [-0.25, -0.2) is 0 Å². The highest BCUT2D eigenvalue weighted by molar-refractivity contribution is 6.39. The minimum absolute atomic E-state index is 0.204. The molecule has 0 bridgehead atoms. The van der Waals surface area contributed by atoms with Gasteiger partial charge < -0.3 is 19.3 Å². The fraction of sp³-hybridized carbons (Fsp3) is 0.389. The Morgan fingerprint density at radius 2 is 1.81 bits per heavy atom. The van der Waals surface area contributed by atoms with Gasteiger partial charge in [0.2, 0.25) is 0 Å². The summed E-state index contributed by atoms with van der Waals surface area (Å²) in [6.07, 6.45) is 0.550. The molecule has 1 aromatic heterocycles. The van der Waals surface area contributed by atoms with Crippen molar-refractivity contribution in [3.05, 3.63) is 35.6 Å². The minimum Gasteiger partial charge on any atom is -0.490 e. The number of rotatable bonds is 8. The molecule has 8 nitrogen and oxygen atoms in total. The van der Waals surface area contributed by atoms with Crippen molar-refractivity contribution in [2.45, 2.75) is 27.2 Å². The molecule has 26 heavy (non-hydrogen) atoms. The van der Waals surface area contributed by atoms with Crippen LogP contribution in [0.2, 0.25) is 0 Å². The normalized spacial score (nSPS) is 10.3. The summed E-state index contributed by atoms with van der Waals surface area (Å²) in [4.78, 5) is 23.6. The van der Waals surface area contributed by atoms with E-state index in [0.29, 0.717) is 43.4 Å². The van der Waals surface area contributed by atoms with Crippen molar-refractivity contribution in [2.24, 2.45) is 0 Å². The predicted molar refractivity (Wildman–Crippen MR) is 95.4 cm³/mol. The van der Waals surface area contributed by atoms with Crippen molar-refractivity contribution in [3.63, 3.8) is 0 Å². The molecule has 0 spiro atoms. The number of carbonyl (C=O) groups is 2. The molecule has 2 rings (SSSR count). The maximum atomic E-state index is 11.8. The summed E-state index contributed by atoms with van der Waals surface area (Å²) in [5.41, 5.74) is 0.963. The number of ether oxygens (including phenoxy) is 2. The number of nitrogens with zero attached hydrogens (tertiary/aromatic N) is 1. The third-order valence-electron chi connectivity index (χ3n) is 3.38. The molecular formula is C18H23N3O5. The Morgan fingerprint density at radius 3 is 2.46 bits per heavy atom. The van der Waals surface area contributed by atoms with Gasteiger partial charge in [0.15, 0.2) is 17.3 Å². The Labute approximate surface area is 151 Å². The first-order valence-corrected chi connectivity index (χ1v) is 8.44. The van der Waals surface area contributed by atoms with Crippen molar-refractivity contribution >= 4 is 17.6 Å². The third kappa shape index (κ3) is 5.51. The first-order valence-electron chi connectivity index (χ1n) is 8.44. The zero-order chi connectivity index (χ0) is 18.9. The number of amides is 2. The quantitative estimate of drug-likeness (QED) is 0.698. The molecule has 8 heteroatoms. The van der Waals surface area contributed by atoms with E-state index >= 15 is 0 Å². The fourth-order valence-electron chi connectivity index (χ4n) is 2.25. The van der Waals surface area contributed by atoms with Crippen LogP contribution in [0, 0.1) is 6.92 Å². The molecule has 0 aliphatic carbocycles. The second-order valence-electron chi connectivity index (χ2n) is 5.43. The van der Waals surface area contributed by atoms with E-state index in [2.05, 4.69) is 15.8 Å². The lowest BCUT2D eigenvalue weighted by Crippen LogP contribution is -2.36. The third-order valence-corrected chi connectivity index (χ3v) is 3.38. The molecule has 140 valence electrons. The van der Waals surface area contributed by atoms with Crippen molar-refractivity contribution in [1.29, 1.82) is 0 Å². The van der Waals surface area contributed by atoms with Crippen LogP contribution in [-0.4, -0.2) is 36.7 Å². The molecule has 0 aliphatic rings. The van der Waals surface area contributed by atoms with E-state index in [9.17, 15) is 9.59 Å². The smallest absolute Gasteiger partial charge is 0.314 e. The standard InChI is InChI=1S/C18H23N3O5/c1-4-24-14-7-6-13(11-15(14)25-5-2)8-9-19-17(22)18(23)20-16-10-12(3)26-21-16/h6-7,10-11H,4-5,8-9H2,1-3H3,(H,19,22)(H,20,21,23). The number of benzene rings is 1. The molecule has 0 saturated carbocycles. The van der Waals surface area contributed by atoms with Crippen LogP contribution in [0.3, 0.4) is 0 Å². The summed E-state index contributed by atoms with van der Waals surface area (Å²) in [6, 6.07) is 7.14. The number of carbonyl (C=O) groups excluding carboxylic acids is 2. The first kappa shape index (κ1) is 19.3. The van der Waals surface area contributed by atoms with E-state index in [1.807, 2.05) is 32.0 Å². The zero-order valence-corrected chi connectivity index (χ0v) is 15.1. The molecule has 0 aliphatic heterocycles. The summed E-state index contributed by atoms with van der Waals surface area (Å²) in [5.74, 6) is 0.570. The Balaban J connectivity index is 1.85. The minimum atomic E-state index is -0.792. The average molecular weight is 361 g/mol. The number of anilines is 1. The molecule has 2 N–H and O–H groups in total. The van der Waals surface area contributed by atoms with Crippen LogP contribution in [-0.2, 0) is 16.0 Å². The van der Waals surface area contributed by atoms with Gasteiger partial charge in [-0.1, -0.05) is 11.2 Å². The lowest BCUT2D eigenvalue weighted by atomic mass is 10.1. The van der Waals surface area contributed by atoms with Crippen LogP contribution in [0.5, 0.6) is 11.5 Å². The van der Waals surface area contributed by atoms with Gasteiger partial charge in [-0.05, 0) is 44.9 Å². The van der Waals surface area contributed by atoms with Gasteiger partial charge >= 0.3 is 11.8 Å².